The summed E-state index contributed by atoms with van der Waals surface area (Å²) in [5.74, 6) is -1.45. The lowest BCUT2D eigenvalue weighted by molar-refractivity contribution is -0.142. The maximum Gasteiger partial charge on any atom is 0.339 e. The van der Waals surface area contributed by atoms with Gasteiger partial charge in [-0.1, -0.05) is 0 Å². The van der Waals surface area contributed by atoms with Crippen LogP contribution in [0.25, 0.3) is 21.9 Å². The second kappa shape index (κ2) is 8.93. The molecule has 4 N–H and O–H groups in total. The van der Waals surface area contributed by atoms with E-state index < -0.39 is 29.6 Å². The molecule has 4 aromatic rings. The fraction of sp³-hybridized carbons (Fsp3) is 0.240. The minimum absolute atomic E-state index is 0.0109. The number of aryl methyl sites for hydroxylation is 1. The van der Waals surface area contributed by atoms with Gasteiger partial charge < -0.3 is 29.7 Å². The van der Waals surface area contributed by atoms with Crippen LogP contribution >= 0.6 is 0 Å². The lowest BCUT2D eigenvalue weighted by atomic mass is 10.0. The molecule has 0 radical (unpaired) electrons. The number of carbonyl (C=O) groups is 2. The minimum Gasteiger partial charge on any atom is -0.508 e. The Morgan fingerprint density at radius 2 is 1.88 bits per heavy atom. The van der Waals surface area contributed by atoms with Crippen molar-refractivity contribution in [1.29, 1.82) is 0 Å². The molecule has 176 valence electrons. The summed E-state index contributed by atoms with van der Waals surface area (Å²) in [6, 6.07) is 8.47. The summed E-state index contributed by atoms with van der Waals surface area (Å²) < 4.78 is 11.0. The smallest absolute Gasteiger partial charge is 0.339 e. The van der Waals surface area contributed by atoms with Crippen molar-refractivity contribution >= 4 is 33.7 Å². The number of amides is 1. The topological polar surface area (TPSA) is 142 Å². The number of benzene rings is 2. The van der Waals surface area contributed by atoms with Crippen molar-refractivity contribution in [2.24, 2.45) is 0 Å². The summed E-state index contributed by atoms with van der Waals surface area (Å²) >= 11 is 0. The molecule has 0 saturated heterocycles. The predicted octanol–water partition coefficient (Wildman–Crippen LogP) is 3.18. The molecule has 1 amide bonds. The second-order valence-electron chi connectivity index (χ2n) is 8.20. The molecule has 2 heterocycles. The monoisotopic (exact) mass is 464 g/mol. The van der Waals surface area contributed by atoms with E-state index in [1.54, 1.807) is 31.3 Å². The molecule has 0 fully saturated rings. The average Bonchev–Trinajstić information content (AvgIpc) is 3.18. The van der Waals surface area contributed by atoms with Crippen LogP contribution in [-0.4, -0.2) is 39.2 Å². The van der Waals surface area contributed by atoms with Crippen molar-refractivity contribution in [1.82, 2.24) is 10.3 Å². The first-order chi connectivity index (χ1) is 16.1. The number of phenols is 1. The first kappa shape index (κ1) is 22.9. The van der Waals surface area contributed by atoms with Crippen LogP contribution in [0, 0.1) is 13.8 Å². The standard InChI is InChI=1S/C25H24N2O7/c1-12-13(2)25(32)34-22-10-17(5-6-18(12)22)33-14(3)23(29)27-21(24(30)31)8-15-11-26-20-7-4-16(28)9-19(15)20/h4-7,9-11,14,21,26,28H,8H2,1-3H3,(H,27,29)(H,30,31)/t14-,21+/m0/s1. The normalized spacial score (nSPS) is 13.0. The number of hydrogen-bond donors (Lipinski definition) is 4. The van der Waals surface area contributed by atoms with E-state index in [2.05, 4.69) is 10.3 Å². The Balaban J connectivity index is 1.49. The number of carboxylic acid groups (broad SMARTS) is 1. The van der Waals surface area contributed by atoms with E-state index in [9.17, 15) is 24.6 Å². The molecule has 9 nitrogen and oxygen atoms in total. The highest BCUT2D eigenvalue weighted by molar-refractivity contribution is 5.89. The van der Waals surface area contributed by atoms with Gasteiger partial charge in [-0.2, -0.15) is 0 Å². The zero-order valence-electron chi connectivity index (χ0n) is 18.8. The van der Waals surface area contributed by atoms with Crippen molar-refractivity contribution in [2.75, 3.05) is 0 Å². The fourth-order valence-corrected chi connectivity index (χ4v) is 3.80. The van der Waals surface area contributed by atoms with Gasteiger partial charge in [-0.25, -0.2) is 9.59 Å². The molecule has 0 unspecified atom stereocenters. The number of ether oxygens (including phenoxy) is 1. The molecule has 0 aliphatic heterocycles. The number of aliphatic carboxylic acids is 1. The van der Waals surface area contributed by atoms with Gasteiger partial charge in [-0.15, -0.1) is 0 Å². The molecular formula is C25H24N2O7. The van der Waals surface area contributed by atoms with Crippen LogP contribution < -0.4 is 15.7 Å². The Labute approximate surface area is 194 Å². The Morgan fingerprint density at radius 3 is 2.62 bits per heavy atom. The molecule has 9 heteroatoms. The van der Waals surface area contributed by atoms with Gasteiger partial charge >= 0.3 is 11.6 Å². The van der Waals surface area contributed by atoms with Crippen LogP contribution in [0.5, 0.6) is 11.5 Å². The SMILES string of the molecule is Cc1c(C)c2ccc(O[C@@H](C)C(=O)N[C@H](Cc3c[nH]c4ccc(O)cc34)C(=O)O)cc2oc1=O. The van der Waals surface area contributed by atoms with Gasteiger partial charge in [-0.3, -0.25) is 4.79 Å². The number of carboxylic acids is 1. The van der Waals surface area contributed by atoms with Crippen LogP contribution in [0.2, 0.25) is 0 Å². The molecule has 0 saturated carbocycles. The molecule has 2 aromatic carbocycles. The Hall–Kier alpha value is -4.27. The van der Waals surface area contributed by atoms with Gasteiger partial charge in [-0.05, 0) is 62.2 Å². The zero-order valence-corrected chi connectivity index (χ0v) is 18.8. The van der Waals surface area contributed by atoms with Crippen LogP contribution in [-0.2, 0) is 16.0 Å². The Bertz CT molecular complexity index is 1470. The molecule has 0 bridgehead atoms. The molecule has 34 heavy (non-hydrogen) atoms. The zero-order chi connectivity index (χ0) is 24.6. The number of nitrogens with one attached hydrogen (secondary N) is 2. The van der Waals surface area contributed by atoms with Crippen molar-refractivity contribution in [3.8, 4) is 11.5 Å². The minimum atomic E-state index is -1.21. The van der Waals surface area contributed by atoms with Crippen LogP contribution in [0.15, 0.2) is 51.8 Å². The van der Waals surface area contributed by atoms with Gasteiger partial charge in [0, 0.05) is 40.5 Å². The number of aromatic hydroxyl groups is 1. The lowest BCUT2D eigenvalue weighted by Crippen LogP contribution is -2.47. The third-order valence-electron chi connectivity index (χ3n) is 5.90. The van der Waals surface area contributed by atoms with Crippen molar-refractivity contribution in [2.45, 2.75) is 39.3 Å². The van der Waals surface area contributed by atoms with Gasteiger partial charge in [0.25, 0.3) is 5.91 Å². The van der Waals surface area contributed by atoms with Crippen LogP contribution in [0.3, 0.4) is 0 Å². The summed E-state index contributed by atoms with van der Waals surface area (Å²) in [4.78, 5) is 39.5. The largest absolute Gasteiger partial charge is 0.508 e. The molecule has 0 spiro atoms. The number of aromatic amines is 1. The predicted molar refractivity (Wildman–Crippen MR) is 125 cm³/mol. The number of fused-ring (bicyclic) bond motifs is 2. The van der Waals surface area contributed by atoms with Crippen LogP contribution in [0.1, 0.15) is 23.6 Å². The lowest BCUT2D eigenvalue weighted by Gasteiger charge is -2.19. The van der Waals surface area contributed by atoms with E-state index in [-0.39, 0.29) is 12.2 Å². The first-order valence-corrected chi connectivity index (χ1v) is 10.7. The molecule has 0 aliphatic carbocycles. The fourth-order valence-electron chi connectivity index (χ4n) is 3.80. The van der Waals surface area contributed by atoms with E-state index >= 15 is 0 Å². The molecular weight excluding hydrogens is 440 g/mol. The van der Waals surface area contributed by atoms with Crippen molar-refractivity contribution in [3.05, 3.63) is 69.7 Å². The number of carbonyl (C=O) groups excluding carboxylic acids is 1. The van der Waals surface area contributed by atoms with E-state index in [0.717, 1.165) is 16.5 Å². The summed E-state index contributed by atoms with van der Waals surface area (Å²) in [5.41, 5.74) is 2.61. The summed E-state index contributed by atoms with van der Waals surface area (Å²) in [7, 11) is 0. The Morgan fingerprint density at radius 1 is 1.12 bits per heavy atom. The number of rotatable bonds is 7. The highest BCUT2D eigenvalue weighted by Crippen LogP contribution is 2.25. The van der Waals surface area contributed by atoms with Crippen molar-refractivity contribution < 1.29 is 29.0 Å². The first-order valence-electron chi connectivity index (χ1n) is 10.7. The summed E-state index contributed by atoms with van der Waals surface area (Å²) in [6.45, 7) is 5.01. The van der Waals surface area contributed by atoms with Gasteiger partial charge in [0.15, 0.2) is 6.10 Å². The van der Waals surface area contributed by atoms with E-state index in [0.29, 0.717) is 27.8 Å². The number of H-pyrrole nitrogens is 1. The van der Waals surface area contributed by atoms with Gasteiger partial charge in [0.2, 0.25) is 0 Å². The molecule has 2 atom stereocenters. The van der Waals surface area contributed by atoms with Gasteiger partial charge in [0.05, 0.1) is 0 Å². The third kappa shape index (κ3) is 4.45. The molecule has 0 aliphatic rings. The third-order valence-corrected chi connectivity index (χ3v) is 5.90. The molecule has 4 rings (SSSR count). The molecule has 2 aromatic heterocycles. The highest BCUT2D eigenvalue weighted by Gasteiger charge is 2.25. The maximum atomic E-state index is 12.7. The second-order valence-corrected chi connectivity index (χ2v) is 8.20. The highest BCUT2D eigenvalue weighted by atomic mass is 16.5. The Kier molecular flexibility index (Phi) is 6.02. The summed E-state index contributed by atoms with van der Waals surface area (Å²) in [5, 5.41) is 23.3. The quantitative estimate of drug-likeness (QED) is 0.308. The maximum absolute atomic E-state index is 12.7. The van der Waals surface area contributed by atoms with Crippen LogP contribution in [0.4, 0.5) is 0 Å². The van der Waals surface area contributed by atoms with E-state index in [1.807, 2.05) is 6.92 Å². The average molecular weight is 464 g/mol. The van der Waals surface area contributed by atoms with E-state index in [4.69, 9.17) is 9.15 Å². The van der Waals surface area contributed by atoms with Crippen molar-refractivity contribution in [3.63, 3.8) is 0 Å². The van der Waals surface area contributed by atoms with Gasteiger partial charge in [0.1, 0.15) is 23.1 Å². The summed E-state index contributed by atoms with van der Waals surface area (Å²) in [6.07, 6.45) is 0.653. The number of aromatic nitrogens is 1. The number of phenolic OH excluding ortho intramolecular Hbond substituents is 1. The van der Waals surface area contributed by atoms with E-state index in [1.165, 1.54) is 25.1 Å². The number of hydrogen-bond acceptors (Lipinski definition) is 6.